The summed E-state index contributed by atoms with van der Waals surface area (Å²) in [5, 5.41) is 10.4. The van der Waals surface area contributed by atoms with Gasteiger partial charge in [-0.15, -0.1) is 0 Å². The molecule has 0 aromatic heterocycles. The molecule has 0 aliphatic heterocycles. The molecule has 1 aliphatic rings. The van der Waals surface area contributed by atoms with E-state index in [-0.39, 0.29) is 0 Å². The summed E-state index contributed by atoms with van der Waals surface area (Å²) in [4.78, 5) is 2.20. The van der Waals surface area contributed by atoms with Crippen molar-refractivity contribution in [3.05, 3.63) is 29.3 Å². The van der Waals surface area contributed by atoms with Gasteiger partial charge < -0.3 is 10.8 Å². The van der Waals surface area contributed by atoms with E-state index in [1.807, 2.05) is 12.1 Å². The lowest BCUT2D eigenvalue weighted by Crippen LogP contribution is -2.38. The first-order valence-electron chi connectivity index (χ1n) is 6.75. The largest absolute Gasteiger partial charge is 0.399 e. The van der Waals surface area contributed by atoms with Crippen LogP contribution in [0.1, 0.15) is 36.8 Å². The Kier molecular flexibility index (Phi) is 3.93. The van der Waals surface area contributed by atoms with Gasteiger partial charge in [-0.2, -0.15) is 0 Å². The summed E-state index contributed by atoms with van der Waals surface area (Å²) in [7, 11) is 2.07. The van der Waals surface area contributed by atoms with Crippen molar-refractivity contribution >= 4 is 5.69 Å². The van der Waals surface area contributed by atoms with Gasteiger partial charge in [0.15, 0.2) is 0 Å². The summed E-state index contributed by atoms with van der Waals surface area (Å²) in [6, 6.07) is 6.04. The highest BCUT2D eigenvalue weighted by Gasteiger charge is 2.32. The van der Waals surface area contributed by atoms with Gasteiger partial charge in [-0.1, -0.05) is 25.0 Å². The van der Waals surface area contributed by atoms with Gasteiger partial charge in [0.2, 0.25) is 0 Å². The third-order valence-corrected chi connectivity index (χ3v) is 4.03. The van der Waals surface area contributed by atoms with Crippen molar-refractivity contribution in [2.75, 3.05) is 19.3 Å². The Morgan fingerprint density at radius 2 is 2.00 bits per heavy atom. The lowest BCUT2D eigenvalue weighted by Gasteiger charge is -2.29. The number of anilines is 1. The molecule has 1 saturated carbocycles. The van der Waals surface area contributed by atoms with Crippen molar-refractivity contribution in [2.24, 2.45) is 0 Å². The summed E-state index contributed by atoms with van der Waals surface area (Å²) in [5.74, 6) is 0. The normalized spacial score (nSPS) is 18.4. The maximum absolute atomic E-state index is 10.4. The second-order valence-electron chi connectivity index (χ2n) is 5.74. The fraction of sp³-hybridized carbons (Fsp3) is 0.600. The highest BCUT2D eigenvalue weighted by molar-refractivity contribution is 5.49. The molecule has 100 valence electrons. The average Bonchev–Trinajstić information content (AvgIpc) is 2.71. The Labute approximate surface area is 110 Å². The molecule has 0 spiro atoms. The quantitative estimate of drug-likeness (QED) is 0.804. The number of nitrogens with two attached hydrogens (primary N) is 1. The van der Waals surface area contributed by atoms with Gasteiger partial charge in [-0.3, -0.25) is 4.90 Å². The van der Waals surface area contributed by atoms with Crippen LogP contribution in [0.3, 0.4) is 0 Å². The molecule has 2 rings (SSSR count). The third-order valence-electron chi connectivity index (χ3n) is 4.03. The van der Waals surface area contributed by atoms with Crippen molar-refractivity contribution in [1.29, 1.82) is 0 Å². The van der Waals surface area contributed by atoms with Gasteiger partial charge in [0, 0.05) is 18.8 Å². The second kappa shape index (κ2) is 5.29. The van der Waals surface area contributed by atoms with Gasteiger partial charge in [0.1, 0.15) is 0 Å². The van der Waals surface area contributed by atoms with E-state index in [0.717, 1.165) is 50.0 Å². The van der Waals surface area contributed by atoms with Crippen LogP contribution in [-0.4, -0.2) is 29.2 Å². The Morgan fingerprint density at radius 3 is 2.67 bits per heavy atom. The predicted molar refractivity (Wildman–Crippen MR) is 75.3 cm³/mol. The van der Waals surface area contributed by atoms with Crippen LogP contribution in [0.4, 0.5) is 5.69 Å². The molecular formula is C15H24N2O. The number of rotatable bonds is 4. The van der Waals surface area contributed by atoms with Crippen LogP contribution < -0.4 is 5.73 Å². The smallest absolute Gasteiger partial charge is 0.0774 e. The number of likely N-dealkylation sites (N-methyl/N-ethyl adjacent to an activating group) is 1. The first-order chi connectivity index (χ1) is 8.50. The maximum atomic E-state index is 10.4. The molecule has 3 N–H and O–H groups in total. The highest BCUT2D eigenvalue weighted by atomic mass is 16.3. The van der Waals surface area contributed by atoms with E-state index in [4.69, 9.17) is 5.73 Å². The molecule has 1 fully saturated rings. The predicted octanol–water partition coefficient (Wildman–Crippen LogP) is 2.31. The van der Waals surface area contributed by atoms with E-state index in [0.29, 0.717) is 0 Å². The molecule has 0 bridgehead atoms. The number of hydrogen-bond donors (Lipinski definition) is 2. The molecule has 1 aliphatic carbocycles. The molecule has 18 heavy (non-hydrogen) atoms. The molecule has 0 radical (unpaired) electrons. The summed E-state index contributed by atoms with van der Waals surface area (Å²) in [5.41, 5.74) is 8.70. The van der Waals surface area contributed by atoms with Crippen LogP contribution in [0.15, 0.2) is 18.2 Å². The van der Waals surface area contributed by atoms with E-state index >= 15 is 0 Å². The molecule has 1 aromatic rings. The van der Waals surface area contributed by atoms with Crippen molar-refractivity contribution in [3.8, 4) is 0 Å². The molecule has 1 aromatic carbocycles. The van der Waals surface area contributed by atoms with Gasteiger partial charge >= 0.3 is 0 Å². The SMILES string of the molecule is Cc1c(N)cccc1CN(C)CC1(O)CCCC1. The minimum absolute atomic E-state index is 0.469. The molecular weight excluding hydrogens is 224 g/mol. The van der Waals surface area contributed by atoms with Gasteiger partial charge in [-0.25, -0.2) is 0 Å². The number of nitrogen functional groups attached to an aromatic ring is 1. The lowest BCUT2D eigenvalue weighted by atomic mass is 10.0. The topological polar surface area (TPSA) is 49.5 Å². The van der Waals surface area contributed by atoms with Crippen LogP contribution in [0.25, 0.3) is 0 Å². The summed E-state index contributed by atoms with van der Waals surface area (Å²) in [6.07, 6.45) is 4.18. The van der Waals surface area contributed by atoms with E-state index in [1.54, 1.807) is 0 Å². The van der Waals surface area contributed by atoms with Crippen molar-refractivity contribution in [3.63, 3.8) is 0 Å². The van der Waals surface area contributed by atoms with Crippen LogP contribution in [0.5, 0.6) is 0 Å². The zero-order valence-corrected chi connectivity index (χ0v) is 11.4. The fourth-order valence-electron chi connectivity index (χ4n) is 2.91. The van der Waals surface area contributed by atoms with Crippen molar-refractivity contribution < 1.29 is 5.11 Å². The molecule has 3 nitrogen and oxygen atoms in total. The monoisotopic (exact) mass is 248 g/mol. The highest BCUT2D eigenvalue weighted by Crippen LogP contribution is 2.30. The van der Waals surface area contributed by atoms with Crippen LogP contribution in [0.2, 0.25) is 0 Å². The van der Waals surface area contributed by atoms with E-state index < -0.39 is 5.60 Å². The average molecular weight is 248 g/mol. The van der Waals surface area contributed by atoms with Gasteiger partial charge in [0.05, 0.1) is 5.60 Å². The minimum Gasteiger partial charge on any atom is -0.399 e. The third kappa shape index (κ3) is 3.03. The lowest BCUT2D eigenvalue weighted by molar-refractivity contribution is 0.0145. The standard InChI is InChI=1S/C15H24N2O/c1-12-13(6-5-7-14(12)16)10-17(2)11-15(18)8-3-4-9-15/h5-7,18H,3-4,8-11,16H2,1-2H3. The second-order valence-corrected chi connectivity index (χ2v) is 5.74. The molecule has 0 amide bonds. The van der Waals surface area contributed by atoms with Crippen LogP contribution >= 0.6 is 0 Å². The van der Waals surface area contributed by atoms with Crippen molar-refractivity contribution in [2.45, 2.75) is 44.8 Å². The molecule has 0 heterocycles. The molecule has 0 unspecified atom stereocenters. The Morgan fingerprint density at radius 1 is 1.33 bits per heavy atom. The van der Waals surface area contributed by atoms with E-state index in [1.165, 1.54) is 5.56 Å². The fourth-order valence-corrected chi connectivity index (χ4v) is 2.91. The Bertz CT molecular complexity index is 411. The number of nitrogens with zero attached hydrogens (tertiary/aromatic N) is 1. The van der Waals surface area contributed by atoms with E-state index in [2.05, 4.69) is 24.9 Å². The first kappa shape index (κ1) is 13.4. The van der Waals surface area contributed by atoms with Crippen molar-refractivity contribution in [1.82, 2.24) is 4.90 Å². The van der Waals surface area contributed by atoms with Gasteiger partial charge in [0.25, 0.3) is 0 Å². The maximum Gasteiger partial charge on any atom is 0.0774 e. The zero-order chi connectivity index (χ0) is 13.2. The van der Waals surface area contributed by atoms with Gasteiger partial charge in [-0.05, 0) is 44.0 Å². The molecule has 3 heteroatoms. The van der Waals surface area contributed by atoms with E-state index in [9.17, 15) is 5.11 Å². The Hall–Kier alpha value is -1.06. The number of aliphatic hydroxyl groups is 1. The first-order valence-corrected chi connectivity index (χ1v) is 6.75. The Balaban J connectivity index is 1.98. The summed E-state index contributed by atoms with van der Waals surface area (Å²) in [6.45, 7) is 3.66. The summed E-state index contributed by atoms with van der Waals surface area (Å²) >= 11 is 0. The number of hydrogen-bond acceptors (Lipinski definition) is 3. The zero-order valence-electron chi connectivity index (χ0n) is 11.4. The minimum atomic E-state index is -0.469. The number of benzene rings is 1. The van der Waals surface area contributed by atoms with Crippen LogP contribution in [-0.2, 0) is 6.54 Å². The summed E-state index contributed by atoms with van der Waals surface area (Å²) < 4.78 is 0. The molecule has 0 saturated heterocycles. The van der Waals surface area contributed by atoms with Crippen LogP contribution in [0, 0.1) is 6.92 Å². The molecule has 0 atom stereocenters.